The molecule has 0 spiro atoms. The first-order valence-electron chi connectivity index (χ1n) is 5.20. The summed E-state index contributed by atoms with van der Waals surface area (Å²) in [6, 6.07) is 11.7. The number of anilines is 1. The van der Waals surface area contributed by atoms with E-state index < -0.39 is 0 Å². The molecule has 2 aromatic rings. The molecule has 16 heavy (non-hydrogen) atoms. The van der Waals surface area contributed by atoms with Crippen LogP contribution in [0.1, 0.15) is 12.0 Å². The van der Waals surface area contributed by atoms with Crippen LogP contribution in [0.4, 0.5) is 5.69 Å². The van der Waals surface area contributed by atoms with Crippen molar-refractivity contribution in [3.8, 4) is 11.8 Å². The Labute approximate surface area is 94.7 Å². The van der Waals surface area contributed by atoms with Crippen molar-refractivity contribution in [3.05, 3.63) is 42.0 Å². The van der Waals surface area contributed by atoms with Crippen molar-refractivity contribution in [2.75, 3.05) is 12.3 Å². The van der Waals surface area contributed by atoms with Gasteiger partial charge in [0.25, 0.3) is 0 Å². The Morgan fingerprint density at radius 1 is 1.06 bits per heavy atom. The van der Waals surface area contributed by atoms with Crippen LogP contribution in [0.25, 0.3) is 10.8 Å². The molecule has 0 bridgehead atoms. The zero-order valence-corrected chi connectivity index (χ0v) is 8.90. The van der Waals surface area contributed by atoms with Gasteiger partial charge in [-0.1, -0.05) is 36.1 Å². The molecule has 2 aromatic carbocycles. The van der Waals surface area contributed by atoms with Crippen molar-refractivity contribution < 1.29 is 5.11 Å². The summed E-state index contributed by atoms with van der Waals surface area (Å²) in [5.74, 6) is 5.97. The van der Waals surface area contributed by atoms with Gasteiger partial charge in [0.2, 0.25) is 0 Å². The van der Waals surface area contributed by atoms with E-state index in [-0.39, 0.29) is 6.61 Å². The van der Waals surface area contributed by atoms with E-state index in [2.05, 4.69) is 11.8 Å². The second kappa shape index (κ2) is 4.69. The number of aliphatic hydroxyl groups is 1. The zero-order valence-electron chi connectivity index (χ0n) is 8.90. The van der Waals surface area contributed by atoms with Gasteiger partial charge in [-0.05, 0) is 17.5 Å². The molecule has 0 saturated heterocycles. The Balaban J connectivity index is 2.56. The van der Waals surface area contributed by atoms with E-state index in [1.807, 2.05) is 36.4 Å². The largest absolute Gasteiger partial charge is 0.398 e. The van der Waals surface area contributed by atoms with Crippen molar-refractivity contribution in [3.63, 3.8) is 0 Å². The molecule has 0 aliphatic carbocycles. The van der Waals surface area contributed by atoms with E-state index >= 15 is 0 Å². The molecule has 80 valence electrons. The van der Waals surface area contributed by atoms with Crippen LogP contribution in [-0.4, -0.2) is 11.7 Å². The third kappa shape index (κ3) is 2.00. The Morgan fingerprint density at radius 3 is 2.56 bits per heavy atom. The van der Waals surface area contributed by atoms with Gasteiger partial charge in [-0.15, -0.1) is 0 Å². The summed E-state index contributed by atoms with van der Waals surface area (Å²) in [5.41, 5.74) is 7.62. The third-order valence-corrected chi connectivity index (χ3v) is 2.42. The SMILES string of the molecule is Nc1ccc(C#CCCO)c2ccccc12. The maximum atomic E-state index is 8.68. The number of hydrogen-bond acceptors (Lipinski definition) is 2. The van der Waals surface area contributed by atoms with Gasteiger partial charge in [0, 0.05) is 23.1 Å². The van der Waals surface area contributed by atoms with E-state index in [0.717, 1.165) is 22.0 Å². The minimum atomic E-state index is 0.0971. The summed E-state index contributed by atoms with van der Waals surface area (Å²) >= 11 is 0. The standard InChI is InChI=1S/C14H13NO/c15-14-9-8-11(5-3-4-10-16)12-6-1-2-7-13(12)14/h1-2,6-9,16H,4,10,15H2. The number of fused-ring (bicyclic) bond motifs is 1. The molecular formula is C14H13NO. The summed E-state index contributed by atoms with van der Waals surface area (Å²) in [5, 5.41) is 10.8. The monoisotopic (exact) mass is 211 g/mol. The number of benzene rings is 2. The van der Waals surface area contributed by atoms with Gasteiger partial charge in [0.15, 0.2) is 0 Å². The third-order valence-electron chi connectivity index (χ3n) is 2.42. The number of hydrogen-bond donors (Lipinski definition) is 2. The first-order chi connectivity index (χ1) is 7.83. The smallest absolute Gasteiger partial charge is 0.0540 e. The highest BCUT2D eigenvalue weighted by Crippen LogP contribution is 2.23. The first-order valence-corrected chi connectivity index (χ1v) is 5.20. The van der Waals surface area contributed by atoms with Crippen LogP contribution in [0.5, 0.6) is 0 Å². The van der Waals surface area contributed by atoms with Crippen molar-refractivity contribution in [1.29, 1.82) is 0 Å². The molecule has 2 heteroatoms. The van der Waals surface area contributed by atoms with Crippen LogP contribution in [0, 0.1) is 11.8 Å². The maximum Gasteiger partial charge on any atom is 0.0540 e. The van der Waals surface area contributed by atoms with E-state index in [4.69, 9.17) is 10.8 Å². The van der Waals surface area contributed by atoms with Crippen LogP contribution < -0.4 is 5.73 Å². The van der Waals surface area contributed by atoms with Gasteiger partial charge >= 0.3 is 0 Å². The summed E-state index contributed by atoms with van der Waals surface area (Å²) in [6.45, 7) is 0.0971. The average molecular weight is 211 g/mol. The van der Waals surface area contributed by atoms with E-state index in [9.17, 15) is 0 Å². The lowest BCUT2D eigenvalue weighted by atomic mass is 10.0. The Hall–Kier alpha value is -1.98. The van der Waals surface area contributed by atoms with Crippen LogP contribution in [0.3, 0.4) is 0 Å². The topological polar surface area (TPSA) is 46.2 Å². The fraction of sp³-hybridized carbons (Fsp3) is 0.143. The molecule has 2 nitrogen and oxygen atoms in total. The van der Waals surface area contributed by atoms with Crippen molar-refractivity contribution in [1.82, 2.24) is 0 Å². The maximum absolute atomic E-state index is 8.68. The highest BCUT2D eigenvalue weighted by molar-refractivity contribution is 5.96. The number of nitrogens with two attached hydrogens (primary N) is 1. The van der Waals surface area contributed by atoms with Gasteiger partial charge in [0.1, 0.15) is 0 Å². The zero-order chi connectivity index (χ0) is 11.4. The lowest BCUT2D eigenvalue weighted by Crippen LogP contribution is -1.88. The molecule has 0 aromatic heterocycles. The average Bonchev–Trinajstić information content (AvgIpc) is 2.33. The van der Waals surface area contributed by atoms with Crippen molar-refractivity contribution in [2.45, 2.75) is 6.42 Å². The van der Waals surface area contributed by atoms with Crippen LogP contribution in [0.2, 0.25) is 0 Å². The fourth-order valence-electron chi connectivity index (χ4n) is 1.65. The lowest BCUT2D eigenvalue weighted by Gasteiger charge is -2.03. The summed E-state index contributed by atoms with van der Waals surface area (Å²) in [4.78, 5) is 0. The quantitative estimate of drug-likeness (QED) is 0.561. The van der Waals surface area contributed by atoms with Crippen LogP contribution in [-0.2, 0) is 0 Å². The fourth-order valence-corrected chi connectivity index (χ4v) is 1.65. The summed E-state index contributed by atoms with van der Waals surface area (Å²) in [6.07, 6.45) is 0.499. The minimum absolute atomic E-state index is 0.0971. The van der Waals surface area contributed by atoms with Gasteiger partial charge in [-0.3, -0.25) is 0 Å². The van der Waals surface area contributed by atoms with Crippen molar-refractivity contribution in [2.24, 2.45) is 0 Å². The molecule has 0 radical (unpaired) electrons. The number of rotatable bonds is 1. The highest BCUT2D eigenvalue weighted by atomic mass is 16.2. The molecule has 2 rings (SSSR count). The Kier molecular flexibility index (Phi) is 3.09. The molecule has 0 atom stereocenters. The molecule has 0 fully saturated rings. The Bertz CT molecular complexity index is 564. The lowest BCUT2D eigenvalue weighted by molar-refractivity contribution is 0.305. The Morgan fingerprint density at radius 2 is 1.81 bits per heavy atom. The normalized spacial score (nSPS) is 9.81. The van der Waals surface area contributed by atoms with Gasteiger partial charge < -0.3 is 10.8 Å². The van der Waals surface area contributed by atoms with Gasteiger partial charge in [-0.2, -0.15) is 0 Å². The van der Waals surface area contributed by atoms with E-state index in [1.165, 1.54) is 0 Å². The molecule has 0 amide bonds. The molecule has 0 unspecified atom stereocenters. The highest BCUT2D eigenvalue weighted by Gasteiger charge is 2.00. The minimum Gasteiger partial charge on any atom is -0.398 e. The van der Waals surface area contributed by atoms with Gasteiger partial charge in [0.05, 0.1) is 6.61 Å². The predicted molar refractivity (Wildman–Crippen MR) is 66.9 cm³/mol. The van der Waals surface area contributed by atoms with Gasteiger partial charge in [-0.25, -0.2) is 0 Å². The molecule has 3 N–H and O–H groups in total. The number of nitrogen functional groups attached to an aromatic ring is 1. The number of aliphatic hydroxyl groups excluding tert-OH is 1. The second-order valence-corrected chi connectivity index (χ2v) is 3.52. The second-order valence-electron chi connectivity index (χ2n) is 3.52. The van der Waals surface area contributed by atoms with Crippen LogP contribution in [0.15, 0.2) is 36.4 Å². The predicted octanol–water partition coefficient (Wildman–Crippen LogP) is 2.16. The molecular weight excluding hydrogens is 198 g/mol. The molecule has 0 heterocycles. The van der Waals surface area contributed by atoms with E-state index in [1.54, 1.807) is 0 Å². The van der Waals surface area contributed by atoms with Crippen LogP contribution >= 0.6 is 0 Å². The summed E-state index contributed by atoms with van der Waals surface area (Å²) in [7, 11) is 0. The molecule has 0 aliphatic heterocycles. The first kappa shape index (κ1) is 10.5. The molecule has 0 saturated carbocycles. The van der Waals surface area contributed by atoms with Crippen molar-refractivity contribution >= 4 is 16.5 Å². The summed E-state index contributed by atoms with van der Waals surface area (Å²) < 4.78 is 0. The molecule has 0 aliphatic rings. The van der Waals surface area contributed by atoms with E-state index in [0.29, 0.717) is 6.42 Å².